The maximum Gasteiger partial charge on any atom is 0.306 e. The number of ketones is 1. The number of hydrogen-bond acceptors (Lipinski definition) is 8. The molecular weight excluding hydrogens is 501 g/mol. The summed E-state index contributed by atoms with van der Waals surface area (Å²) in [6, 6.07) is 14.5. The number of carbonyl (C=O) groups excluding carboxylic acids is 2. The Morgan fingerprint density at radius 1 is 1.00 bits per heavy atom. The molecule has 0 fully saturated rings. The van der Waals surface area contributed by atoms with Crippen LogP contribution >= 0.6 is 0 Å². The summed E-state index contributed by atoms with van der Waals surface area (Å²) in [7, 11) is -0.848. The van der Waals surface area contributed by atoms with Gasteiger partial charge in [0.1, 0.15) is 17.3 Å². The number of halogens is 1. The molecule has 0 aliphatic carbocycles. The highest BCUT2D eigenvalue weighted by Crippen LogP contribution is 2.42. The number of benzene rings is 3. The van der Waals surface area contributed by atoms with Crippen molar-refractivity contribution in [3.8, 4) is 22.6 Å². The van der Waals surface area contributed by atoms with E-state index in [0.717, 1.165) is 6.26 Å². The number of likely N-dealkylation sites (N-methyl/N-ethyl adjacent to an activating group) is 1. The minimum atomic E-state index is -3.76. The molecule has 11 heteroatoms. The number of nitrogens with two attached hydrogens (primary N) is 1. The van der Waals surface area contributed by atoms with Crippen molar-refractivity contribution in [3.63, 3.8) is 0 Å². The molecule has 0 saturated carbocycles. The van der Waals surface area contributed by atoms with Gasteiger partial charge in [0, 0.05) is 18.2 Å². The lowest BCUT2D eigenvalue weighted by molar-refractivity contribution is -0.129. The van der Waals surface area contributed by atoms with Gasteiger partial charge in [-0.1, -0.05) is 18.2 Å². The normalized spacial score (nSPS) is 17.5. The van der Waals surface area contributed by atoms with E-state index in [2.05, 4.69) is 4.99 Å². The van der Waals surface area contributed by atoms with Crippen molar-refractivity contribution in [1.82, 2.24) is 4.90 Å². The molecular formula is C26H24FN3O6S. The Hall–Kier alpha value is -4.25. The predicted molar refractivity (Wildman–Crippen MR) is 135 cm³/mol. The number of guanidine groups is 1. The third-order valence-electron chi connectivity index (χ3n) is 6.04. The molecule has 1 aliphatic heterocycles. The second-order valence-corrected chi connectivity index (χ2v) is 10.1. The monoisotopic (exact) mass is 525 g/mol. The standard InChI is InChI=1S/C26H24FN3O6S/c1-15(31)20-11-10-19(35-3)14-21(20)22-13-17(7-12-23(22)27)26(24(32)30(2)25(28)29-26)16-5-8-18(9-6-16)36-37(4,33)34/h5-14H,1-4H3,(H2,28,29). The topological polar surface area (TPSA) is 128 Å². The maximum absolute atomic E-state index is 15.2. The number of aliphatic imine (C=N–C) groups is 1. The van der Waals surface area contributed by atoms with E-state index in [1.165, 1.54) is 68.4 Å². The van der Waals surface area contributed by atoms with E-state index >= 15 is 4.39 Å². The van der Waals surface area contributed by atoms with Crippen molar-refractivity contribution < 1.29 is 31.3 Å². The molecule has 1 unspecified atom stereocenters. The van der Waals surface area contributed by atoms with Crippen LogP contribution in [0.15, 0.2) is 65.7 Å². The van der Waals surface area contributed by atoms with Gasteiger partial charge in [0.15, 0.2) is 17.3 Å². The zero-order chi connectivity index (χ0) is 27.1. The molecule has 3 aromatic rings. The maximum atomic E-state index is 15.2. The summed E-state index contributed by atoms with van der Waals surface area (Å²) in [4.78, 5) is 31.6. The molecule has 9 nitrogen and oxygen atoms in total. The van der Waals surface area contributed by atoms with E-state index in [-0.39, 0.29) is 39.7 Å². The van der Waals surface area contributed by atoms with Crippen LogP contribution in [0.1, 0.15) is 28.4 Å². The third-order valence-corrected chi connectivity index (χ3v) is 6.54. The van der Waals surface area contributed by atoms with Crippen LogP contribution in [0.4, 0.5) is 4.39 Å². The van der Waals surface area contributed by atoms with Gasteiger partial charge in [-0.05, 0) is 66.1 Å². The van der Waals surface area contributed by atoms with Crippen LogP contribution < -0.4 is 14.7 Å². The molecule has 0 saturated heterocycles. The molecule has 1 atom stereocenters. The van der Waals surface area contributed by atoms with Crippen molar-refractivity contribution in [3.05, 3.63) is 83.2 Å². The van der Waals surface area contributed by atoms with Gasteiger partial charge in [-0.25, -0.2) is 9.38 Å². The average Bonchev–Trinajstić information content (AvgIpc) is 3.08. The van der Waals surface area contributed by atoms with Crippen molar-refractivity contribution in [1.29, 1.82) is 0 Å². The average molecular weight is 526 g/mol. The fourth-order valence-electron chi connectivity index (χ4n) is 4.25. The van der Waals surface area contributed by atoms with Gasteiger partial charge >= 0.3 is 10.1 Å². The zero-order valence-electron chi connectivity index (χ0n) is 20.5. The molecule has 3 aromatic carbocycles. The van der Waals surface area contributed by atoms with Gasteiger partial charge in [0.2, 0.25) is 0 Å². The minimum Gasteiger partial charge on any atom is -0.497 e. The molecule has 2 N–H and O–H groups in total. The zero-order valence-corrected chi connectivity index (χ0v) is 21.3. The Labute approximate surface area is 213 Å². The summed E-state index contributed by atoms with van der Waals surface area (Å²) in [6.07, 6.45) is 0.913. The first-order valence-electron chi connectivity index (χ1n) is 11.0. The molecule has 37 heavy (non-hydrogen) atoms. The quantitative estimate of drug-likeness (QED) is 0.371. The molecule has 0 spiro atoms. The number of rotatable bonds is 7. The first-order chi connectivity index (χ1) is 17.4. The lowest BCUT2D eigenvalue weighted by atomic mass is 9.81. The summed E-state index contributed by atoms with van der Waals surface area (Å²) in [5.41, 5.74) is 5.59. The lowest BCUT2D eigenvalue weighted by Gasteiger charge is -2.27. The molecule has 0 radical (unpaired) electrons. The highest BCUT2D eigenvalue weighted by molar-refractivity contribution is 7.86. The van der Waals surface area contributed by atoms with Crippen LogP contribution in [0.25, 0.3) is 11.1 Å². The minimum absolute atomic E-state index is 0.0411. The largest absolute Gasteiger partial charge is 0.497 e. The molecule has 0 bridgehead atoms. The Kier molecular flexibility index (Phi) is 6.51. The first kappa shape index (κ1) is 25.8. The molecule has 1 heterocycles. The van der Waals surface area contributed by atoms with Crippen LogP contribution in [-0.2, 0) is 20.5 Å². The Bertz CT molecular complexity index is 1550. The second kappa shape index (κ2) is 9.32. The Balaban J connectivity index is 1.95. The van der Waals surface area contributed by atoms with Crippen molar-refractivity contribution in [2.75, 3.05) is 20.4 Å². The van der Waals surface area contributed by atoms with Crippen LogP contribution in [0.5, 0.6) is 11.5 Å². The Morgan fingerprint density at radius 2 is 1.62 bits per heavy atom. The summed E-state index contributed by atoms with van der Waals surface area (Å²) < 4.78 is 48.4. The van der Waals surface area contributed by atoms with Gasteiger partial charge in [-0.2, -0.15) is 8.42 Å². The second-order valence-electron chi connectivity index (χ2n) is 8.52. The SMILES string of the molecule is COc1ccc(C(C)=O)c(-c2cc(C3(c4ccc(OS(C)(=O)=O)cc4)N=C(N)N(C)C3=O)ccc2F)c1. The van der Waals surface area contributed by atoms with Crippen molar-refractivity contribution in [2.24, 2.45) is 10.7 Å². The van der Waals surface area contributed by atoms with Crippen LogP contribution in [0.2, 0.25) is 0 Å². The molecule has 1 aliphatic rings. The summed E-state index contributed by atoms with van der Waals surface area (Å²) >= 11 is 0. The van der Waals surface area contributed by atoms with E-state index in [9.17, 15) is 18.0 Å². The first-order valence-corrected chi connectivity index (χ1v) is 12.8. The van der Waals surface area contributed by atoms with Gasteiger partial charge in [0.05, 0.1) is 13.4 Å². The van der Waals surface area contributed by atoms with Crippen LogP contribution in [0, 0.1) is 5.82 Å². The predicted octanol–water partition coefficient (Wildman–Crippen LogP) is 3.07. The summed E-state index contributed by atoms with van der Waals surface area (Å²) in [5.74, 6) is -1.01. The third kappa shape index (κ3) is 4.65. The smallest absolute Gasteiger partial charge is 0.306 e. The van der Waals surface area contributed by atoms with E-state index in [1.54, 1.807) is 18.2 Å². The van der Waals surface area contributed by atoms with Gasteiger partial charge in [-0.3, -0.25) is 14.5 Å². The number of carbonyl (C=O) groups is 2. The number of nitrogens with zero attached hydrogens (tertiary/aromatic N) is 2. The number of amides is 1. The van der Waals surface area contributed by atoms with Crippen LogP contribution in [-0.4, -0.2) is 51.4 Å². The fraction of sp³-hybridized carbons (Fsp3) is 0.192. The fourth-order valence-corrected chi connectivity index (χ4v) is 4.71. The number of ether oxygens (including phenoxy) is 1. The van der Waals surface area contributed by atoms with E-state index in [1.807, 2.05) is 0 Å². The summed E-state index contributed by atoms with van der Waals surface area (Å²) in [5, 5.41) is 0. The molecule has 0 aromatic heterocycles. The highest BCUT2D eigenvalue weighted by Gasteiger charge is 2.49. The van der Waals surface area contributed by atoms with Gasteiger partial charge < -0.3 is 14.7 Å². The highest BCUT2D eigenvalue weighted by atomic mass is 32.2. The van der Waals surface area contributed by atoms with E-state index < -0.39 is 27.4 Å². The van der Waals surface area contributed by atoms with Crippen molar-refractivity contribution >= 4 is 27.8 Å². The lowest BCUT2D eigenvalue weighted by Crippen LogP contribution is -2.41. The molecule has 4 rings (SSSR count). The Morgan fingerprint density at radius 3 is 2.16 bits per heavy atom. The number of hydrogen-bond donors (Lipinski definition) is 1. The van der Waals surface area contributed by atoms with Crippen LogP contribution in [0.3, 0.4) is 0 Å². The molecule has 1 amide bonds. The van der Waals surface area contributed by atoms with E-state index in [4.69, 9.17) is 14.7 Å². The van der Waals surface area contributed by atoms with E-state index in [0.29, 0.717) is 11.3 Å². The number of Topliss-reactive ketones (excluding diaryl/α,β-unsaturated/α-hetero) is 1. The van der Waals surface area contributed by atoms with Gasteiger partial charge in [-0.15, -0.1) is 0 Å². The van der Waals surface area contributed by atoms with Gasteiger partial charge in [0.25, 0.3) is 5.91 Å². The van der Waals surface area contributed by atoms with Crippen molar-refractivity contribution in [2.45, 2.75) is 12.5 Å². The molecule has 192 valence electrons. The summed E-state index contributed by atoms with van der Waals surface area (Å²) in [6.45, 7) is 1.37. The number of methoxy groups -OCH3 is 1.